The molecule has 1 aliphatic rings. The van der Waals surface area contributed by atoms with Crippen LogP contribution < -0.4 is 0 Å². The fourth-order valence-electron chi connectivity index (χ4n) is 4.23. The maximum Gasteiger partial charge on any atom is 0.0679 e. The van der Waals surface area contributed by atoms with E-state index >= 15 is 0 Å². The Labute approximate surface area is 174 Å². The lowest BCUT2D eigenvalue weighted by Gasteiger charge is -2.19. The van der Waals surface area contributed by atoms with Crippen LogP contribution in [0.3, 0.4) is 0 Å². The summed E-state index contributed by atoms with van der Waals surface area (Å²) < 4.78 is 1.94. The minimum absolute atomic E-state index is 0.540. The third-order valence-corrected chi connectivity index (χ3v) is 5.90. The zero-order valence-electron chi connectivity index (χ0n) is 17.9. The molecule has 4 rings (SSSR count). The van der Waals surface area contributed by atoms with E-state index in [9.17, 15) is 0 Å². The van der Waals surface area contributed by atoms with Gasteiger partial charge in [0.1, 0.15) is 0 Å². The lowest BCUT2D eigenvalue weighted by Crippen LogP contribution is -1.99. The van der Waals surface area contributed by atoms with Crippen LogP contribution in [0.25, 0.3) is 16.5 Å². The average Bonchev–Trinajstić information content (AvgIpc) is 3.12. The van der Waals surface area contributed by atoms with Crippen LogP contribution in [0.4, 0.5) is 0 Å². The van der Waals surface area contributed by atoms with Crippen molar-refractivity contribution in [2.45, 2.75) is 46.0 Å². The van der Waals surface area contributed by atoms with Crippen LogP contribution >= 0.6 is 0 Å². The molecular weight excluding hydrogens is 352 g/mol. The minimum atomic E-state index is 0.540. The lowest BCUT2D eigenvalue weighted by molar-refractivity contribution is 0.797. The normalized spacial score (nSPS) is 15.0. The van der Waals surface area contributed by atoms with Crippen molar-refractivity contribution in [3.63, 3.8) is 0 Å². The standard InChI is InChI=1S/C27H30N2/c1-5-25(21-9-7-6-8-10-21)27(22-13-11-20(12-14-22)19(2)3)23-15-16-26-24(17-23)18-28-29(26)4/h7,9-19H,5-6,8H2,1-4H3/b27-25+. The second kappa shape index (κ2) is 8.24. The summed E-state index contributed by atoms with van der Waals surface area (Å²) in [4.78, 5) is 0. The number of hydrogen-bond donors (Lipinski definition) is 0. The molecule has 0 fully saturated rings. The van der Waals surface area contributed by atoms with E-state index in [2.05, 4.69) is 86.6 Å². The Morgan fingerprint density at radius 3 is 2.45 bits per heavy atom. The van der Waals surface area contributed by atoms with Crippen LogP contribution in [-0.4, -0.2) is 9.78 Å². The Hall–Kier alpha value is -2.87. The van der Waals surface area contributed by atoms with Crippen molar-refractivity contribution in [1.29, 1.82) is 0 Å². The van der Waals surface area contributed by atoms with Crippen molar-refractivity contribution in [2.24, 2.45) is 7.05 Å². The number of benzene rings is 2. The SMILES string of the molecule is CC/C(C1=CCCC=C1)=C(/c1ccc(C(C)C)cc1)c1ccc2c(cnn2C)c1. The average molecular weight is 383 g/mol. The molecule has 1 heterocycles. The minimum Gasteiger partial charge on any atom is -0.268 e. The second-order valence-corrected chi connectivity index (χ2v) is 8.16. The molecule has 0 N–H and O–H groups in total. The highest BCUT2D eigenvalue weighted by atomic mass is 15.2. The molecule has 0 radical (unpaired) electrons. The first-order valence-corrected chi connectivity index (χ1v) is 10.7. The van der Waals surface area contributed by atoms with Gasteiger partial charge in [-0.25, -0.2) is 0 Å². The van der Waals surface area contributed by atoms with Gasteiger partial charge < -0.3 is 0 Å². The van der Waals surface area contributed by atoms with Gasteiger partial charge in [-0.05, 0) is 70.7 Å². The van der Waals surface area contributed by atoms with Gasteiger partial charge in [-0.15, -0.1) is 0 Å². The smallest absolute Gasteiger partial charge is 0.0679 e. The van der Waals surface area contributed by atoms with Gasteiger partial charge in [0, 0.05) is 12.4 Å². The van der Waals surface area contributed by atoms with Crippen LogP contribution in [-0.2, 0) is 7.05 Å². The highest BCUT2D eigenvalue weighted by Gasteiger charge is 2.16. The van der Waals surface area contributed by atoms with E-state index in [0.717, 1.165) is 24.8 Å². The largest absolute Gasteiger partial charge is 0.268 e. The molecular formula is C27H30N2. The molecule has 0 saturated carbocycles. The van der Waals surface area contributed by atoms with E-state index in [1.807, 2.05) is 17.9 Å². The van der Waals surface area contributed by atoms with Crippen LogP contribution in [0.1, 0.15) is 62.6 Å². The highest BCUT2D eigenvalue weighted by molar-refractivity contribution is 5.90. The molecule has 2 aromatic carbocycles. The molecule has 2 heteroatoms. The number of aryl methyl sites for hydroxylation is 1. The Morgan fingerprint density at radius 1 is 1.03 bits per heavy atom. The van der Waals surface area contributed by atoms with Gasteiger partial charge in [0.25, 0.3) is 0 Å². The summed E-state index contributed by atoms with van der Waals surface area (Å²) in [6, 6.07) is 15.9. The zero-order chi connectivity index (χ0) is 20.4. The second-order valence-electron chi connectivity index (χ2n) is 8.16. The highest BCUT2D eigenvalue weighted by Crippen LogP contribution is 2.35. The molecule has 0 unspecified atom stereocenters. The summed E-state index contributed by atoms with van der Waals surface area (Å²) in [5, 5.41) is 5.62. The van der Waals surface area contributed by atoms with Gasteiger partial charge in [-0.2, -0.15) is 5.10 Å². The molecule has 0 spiro atoms. The van der Waals surface area contributed by atoms with E-state index in [4.69, 9.17) is 0 Å². The molecule has 1 aliphatic carbocycles. The third-order valence-electron chi connectivity index (χ3n) is 5.90. The van der Waals surface area contributed by atoms with Gasteiger partial charge in [0.2, 0.25) is 0 Å². The van der Waals surface area contributed by atoms with Gasteiger partial charge in [-0.1, -0.05) is 69.3 Å². The summed E-state index contributed by atoms with van der Waals surface area (Å²) in [5.41, 5.74) is 9.22. The van der Waals surface area contributed by atoms with Crippen molar-refractivity contribution < 1.29 is 0 Å². The Balaban J connectivity index is 1.93. The number of allylic oxidation sites excluding steroid dienone is 5. The van der Waals surface area contributed by atoms with Crippen molar-refractivity contribution in [3.8, 4) is 0 Å². The maximum atomic E-state index is 4.43. The summed E-state index contributed by atoms with van der Waals surface area (Å²) >= 11 is 0. The van der Waals surface area contributed by atoms with E-state index in [0.29, 0.717) is 5.92 Å². The Kier molecular flexibility index (Phi) is 5.53. The lowest BCUT2D eigenvalue weighted by atomic mass is 9.85. The van der Waals surface area contributed by atoms with E-state index < -0.39 is 0 Å². The monoisotopic (exact) mass is 382 g/mol. The zero-order valence-corrected chi connectivity index (χ0v) is 17.9. The molecule has 0 amide bonds. The molecule has 1 aromatic heterocycles. The number of rotatable bonds is 5. The number of hydrogen-bond acceptors (Lipinski definition) is 1. The topological polar surface area (TPSA) is 17.8 Å². The quantitative estimate of drug-likeness (QED) is 0.457. The molecule has 3 aromatic rings. The fraction of sp³-hybridized carbons (Fsp3) is 0.296. The van der Waals surface area contributed by atoms with Crippen LogP contribution in [0, 0.1) is 0 Å². The van der Waals surface area contributed by atoms with E-state index in [-0.39, 0.29) is 0 Å². The summed E-state index contributed by atoms with van der Waals surface area (Å²) in [5.74, 6) is 0.540. The van der Waals surface area contributed by atoms with Crippen LogP contribution in [0.15, 0.2) is 78.0 Å². The molecule has 0 aliphatic heterocycles. The van der Waals surface area contributed by atoms with Gasteiger partial charge in [0.15, 0.2) is 0 Å². The van der Waals surface area contributed by atoms with Crippen molar-refractivity contribution in [1.82, 2.24) is 9.78 Å². The summed E-state index contributed by atoms with van der Waals surface area (Å²) in [6.07, 6.45) is 12.2. The molecule has 0 atom stereocenters. The van der Waals surface area contributed by atoms with Gasteiger partial charge >= 0.3 is 0 Å². The van der Waals surface area contributed by atoms with E-state index in [1.165, 1.54) is 38.8 Å². The third kappa shape index (κ3) is 3.85. The van der Waals surface area contributed by atoms with Gasteiger partial charge in [0.05, 0.1) is 11.7 Å². The number of aromatic nitrogens is 2. The van der Waals surface area contributed by atoms with E-state index in [1.54, 1.807) is 0 Å². The van der Waals surface area contributed by atoms with Crippen LogP contribution in [0.2, 0.25) is 0 Å². The predicted octanol–water partition coefficient (Wildman–Crippen LogP) is 7.19. The first kappa shape index (κ1) is 19.4. The molecule has 148 valence electrons. The Morgan fingerprint density at radius 2 is 1.79 bits per heavy atom. The molecule has 0 saturated heterocycles. The summed E-state index contributed by atoms with van der Waals surface area (Å²) in [7, 11) is 2.00. The van der Waals surface area contributed by atoms with Crippen molar-refractivity contribution in [2.75, 3.05) is 0 Å². The summed E-state index contributed by atoms with van der Waals surface area (Å²) in [6.45, 7) is 6.76. The van der Waals surface area contributed by atoms with Crippen LogP contribution in [0.5, 0.6) is 0 Å². The van der Waals surface area contributed by atoms with Crippen molar-refractivity contribution in [3.05, 3.63) is 94.7 Å². The molecule has 0 bridgehead atoms. The first-order valence-electron chi connectivity index (χ1n) is 10.7. The van der Waals surface area contributed by atoms with Crippen molar-refractivity contribution >= 4 is 16.5 Å². The number of nitrogens with zero attached hydrogens (tertiary/aromatic N) is 2. The molecule has 2 nitrogen and oxygen atoms in total. The molecule has 29 heavy (non-hydrogen) atoms. The fourth-order valence-corrected chi connectivity index (χ4v) is 4.23. The first-order chi connectivity index (χ1) is 14.1. The maximum absolute atomic E-state index is 4.43. The van der Waals surface area contributed by atoms with Gasteiger partial charge in [-0.3, -0.25) is 4.68 Å². The predicted molar refractivity (Wildman–Crippen MR) is 124 cm³/mol. The Bertz CT molecular complexity index is 1110. The number of fused-ring (bicyclic) bond motifs is 1.